The van der Waals surface area contributed by atoms with Gasteiger partial charge in [-0.1, -0.05) is 72.3 Å². The number of Topliss-reactive ketones (excluding diaryl/α,β-unsaturated/α-hetero) is 1. The van der Waals surface area contributed by atoms with E-state index in [1.807, 2.05) is 49.4 Å². The normalized spacial score (nSPS) is 18.3. The molecule has 7 heteroatoms. The van der Waals surface area contributed by atoms with Crippen LogP contribution in [-0.2, 0) is 4.79 Å². The van der Waals surface area contributed by atoms with Gasteiger partial charge in [0.2, 0.25) is 0 Å². The molecule has 1 N–H and O–H groups in total. The summed E-state index contributed by atoms with van der Waals surface area (Å²) in [6.07, 6.45) is 0.843. The summed E-state index contributed by atoms with van der Waals surface area (Å²) in [7, 11) is 0. The maximum absolute atomic E-state index is 14.2. The fraction of sp³-hybridized carbons (Fsp3) is 0.152. The molecule has 198 valence electrons. The first-order valence-corrected chi connectivity index (χ1v) is 13.2. The minimum Gasteiger partial charge on any atom is -0.357 e. The third-order valence-corrected chi connectivity index (χ3v) is 7.67. The average Bonchev–Trinajstić information content (AvgIpc) is 3.12. The molecular weight excluding hydrogens is 502 g/mol. The second-order valence-electron chi connectivity index (χ2n) is 10.3. The smallest absolute Gasteiger partial charge is 0.269 e. The molecule has 0 saturated carbocycles. The molecule has 40 heavy (non-hydrogen) atoms. The van der Waals surface area contributed by atoms with Gasteiger partial charge >= 0.3 is 0 Å². The number of allylic oxidation sites excluding steroid dienone is 1. The lowest BCUT2D eigenvalue weighted by molar-refractivity contribution is -0.384. The Bertz CT molecular complexity index is 1660. The third-order valence-electron chi connectivity index (χ3n) is 7.67. The van der Waals surface area contributed by atoms with Crippen LogP contribution >= 0.6 is 0 Å². The predicted octanol–water partition coefficient (Wildman–Crippen LogP) is 7.12. The lowest BCUT2D eigenvalue weighted by Crippen LogP contribution is -2.38. The highest BCUT2D eigenvalue weighted by atomic mass is 16.6. The zero-order valence-corrected chi connectivity index (χ0v) is 21.9. The van der Waals surface area contributed by atoms with Crippen LogP contribution < -0.4 is 10.2 Å². The van der Waals surface area contributed by atoms with Gasteiger partial charge < -0.3 is 5.32 Å². The van der Waals surface area contributed by atoms with Gasteiger partial charge in [-0.2, -0.15) is 0 Å². The number of nitro groups is 1. The van der Waals surface area contributed by atoms with Crippen molar-refractivity contribution in [2.75, 3.05) is 10.2 Å². The van der Waals surface area contributed by atoms with Gasteiger partial charge in [0.25, 0.3) is 11.6 Å². The molecule has 4 aromatic carbocycles. The number of anilines is 2. The van der Waals surface area contributed by atoms with Crippen LogP contribution in [0.1, 0.15) is 51.8 Å². The number of amides is 1. The average molecular weight is 530 g/mol. The predicted molar refractivity (Wildman–Crippen MR) is 154 cm³/mol. The molecule has 7 nitrogen and oxygen atoms in total. The summed E-state index contributed by atoms with van der Waals surface area (Å²) < 4.78 is 0. The highest BCUT2D eigenvalue weighted by molar-refractivity contribution is 6.12. The molecule has 1 aliphatic heterocycles. The van der Waals surface area contributed by atoms with Gasteiger partial charge in [0, 0.05) is 35.4 Å². The Kier molecular flexibility index (Phi) is 6.48. The van der Waals surface area contributed by atoms with Crippen molar-refractivity contribution >= 4 is 28.8 Å². The number of aryl methyl sites for hydroxylation is 1. The van der Waals surface area contributed by atoms with Crippen LogP contribution in [0.4, 0.5) is 17.1 Å². The summed E-state index contributed by atoms with van der Waals surface area (Å²) in [6, 6.07) is 29.9. The van der Waals surface area contributed by atoms with Gasteiger partial charge in [0.15, 0.2) is 5.78 Å². The number of ketones is 1. The van der Waals surface area contributed by atoms with Crippen LogP contribution in [0.2, 0.25) is 0 Å². The second kappa shape index (κ2) is 10.3. The monoisotopic (exact) mass is 529 g/mol. The maximum Gasteiger partial charge on any atom is 0.269 e. The molecule has 0 fully saturated rings. The fourth-order valence-electron chi connectivity index (χ4n) is 5.73. The van der Waals surface area contributed by atoms with Crippen molar-refractivity contribution in [3.63, 3.8) is 0 Å². The Balaban J connectivity index is 1.57. The molecule has 0 radical (unpaired) electrons. The molecule has 0 saturated heterocycles. The van der Waals surface area contributed by atoms with Gasteiger partial charge in [-0.3, -0.25) is 24.6 Å². The molecule has 0 spiro atoms. The number of fused-ring (bicyclic) bond motifs is 1. The van der Waals surface area contributed by atoms with Crippen molar-refractivity contribution in [1.29, 1.82) is 0 Å². The Morgan fingerprint density at radius 3 is 2.35 bits per heavy atom. The number of nitrogens with one attached hydrogen (secondary N) is 1. The molecule has 1 aliphatic carbocycles. The quantitative estimate of drug-likeness (QED) is 0.224. The number of benzene rings is 4. The largest absolute Gasteiger partial charge is 0.357 e. The van der Waals surface area contributed by atoms with Crippen molar-refractivity contribution in [3.8, 4) is 0 Å². The van der Waals surface area contributed by atoms with Crippen LogP contribution in [0.3, 0.4) is 0 Å². The molecule has 0 unspecified atom stereocenters. The Morgan fingerprint density at radius 1 is 0.875 bits per heavy atom. The number of rotatable bonds is 4. The standard InChI is InChI=1S/C33H27N3O4/c1-21-14-16-22(17-15-21)25-19-28-31(30(37)20-25)32(24-10-7-11-26(18-24)36(39)40)35(29-13-6-5-12-27(29)34-28)33(38)23-8-3-2-4-9-23/h2-18,25,32,34H,19-20H2,1H3/t25-,32-/m0/s1. The molecular formula is C33H27N3O4. The number of nitrogens with zero attached hydrogens (tertiary/aromatic N) is 2. The zero-order chi connectivity index (χ0) is 27.8. The van der Waals surface area contributed by atoms with E-state index in [2.05, 4.69) is 17.4 Å². The fourth-order valence-corrected chi connectivity index (χ4v) is 5.73. The SMILES string of the molecule is Cc1ccc([C@@H]2CC(=O)C3=C(C2)Nc2ccccc2N(C(=O)c2ccccc2)[C@H]3c2cccc([N+](=O)[O-])c2)cc1. The summed E-state index contributed by atoms with van der Waals surface area (Å²) in [5, 5.41) is 15.3. The van der Waals surface area contributed by atoms with Crippen molar-refractivity contribution in [2.45, 2.75) is 31.7 Å². The summed E-state index contributed by atoms with van der Waals surface area (Å²) in [5.74, 6) is -0.420. The van der Waals surface area contributed by atoms with E-state index in [9.17, 15) is 19.7 Å². The van der Waals surface area contributed by atoms with E-state index in [0.29, 0.717) is 34.5 Å². The molecule has 4 aromatic rings. The van der Waals surface area contributed by atoms with Crippen molar-refractivity contribution in [3.05, 3.63) is 147 Å². The lowest BCUT2D eigenvalue weighted by atomic mass is 9.78. The molecule has 0 aromatic heterocycles. The summed E-state index contributed by atoms with van der Waals surface area (Å²) in [6.45, 7) is 2.03. The second-order valence-corrected chi connectivity index (χ2v) is 10.3. The van der Waals surface area contributed by atoms with Crippen molar-refractivity contribution in [2.24, 2.45) is 0 Å². The van der Waals surface area contributed by atoms with Gasteiger partial charge in [0.1, 0.15) is 0 Å². The molecule has 1 amide bonds. The summed E-state index contributed by atoms with van der Waals surface area (Å²) >= 11 is 0. The minimum absolute atomic E-state index is 0.0337. The minimum atomic E-state index is -0.856. The first-order chi connectivity index (χ1) is 19.4. The van der Waals surface area contributed by atoms with Crippen LogP contribution in [0.15, 0.2) is 114 Å². The van der Waals surface area contributed by atoms with Gasteiger partial charge in [-0.15, -0.1) is 0 Å². The number of non-ortho nitro benzene ring substituents is 1. The highest BCUT2D eigenvalue weighted by Gasteiger charge is 2.42. The Morgan fingerprint density at radius 2 is 1.60 bits per heavy atom. The zero-order valence-electron chi connectivity index (χ0n) is 21.9. The number of carbonyl (C=O) groups is 2. The number of carbonyl (C=O) groups excluding carboxylic acids is 2. The van der Waals surface area contributed by atoms with Crippen LogP contribution in [0.25, 0.3) is 0 Å². The third kappa shape index (κ3) is 4.56. The number of hydrogen-bond donors (Lipinski definition) is 1. The van der Waals surface area contributed by atoms with E-state index in [1.165, 1.54) is 12.1 Å². The Hall–Kier alpha value is -5.04. The van der Waals surface area contributed by atoms with Crippen LogP contribution in [0.5, 0.6) is 0 Å². The lowest BCUT2D eigenvalue weighted by Gasteiger charge is -2.35. The van der Waals surface area contributed by atoms with Gasteiger partial charge in [-0.05, 0) is 54.7 Å². The van der Waals surface area contributed by atoms with Gasteiger partial charge in [-0.25, -0.2) is 0 Å². The van der Waals surface area contributed by atoms with E-state index >= 15 is 0 Å². The molecule has 6 rings (SSSR count). The van der Waals surface area contributed by atoms with E-state index in [-0.39, 0.29) is 29.7 Å². The van der Waals surface area contributed by atoms with E-state index in [0.717, 1.165) is 16.8 Å². The van der Waals surface area contributed by atoms with E-state index in [1.54, 1.807) is 41.3 Å². The molecule has 0 bridgehead atoms. The number of nitro benzene ring substituents is 1. The van der Waals surface area contributed by atoms with Crippen molar-refractivity contribution in [1.82, 2.24) is 0 Å². The van der Waals surface area contributed by atoms with Crippen molar-refractivity contribution < 1.29 is 14.5 Å². The highest BCUT2D eigenvalue weighted by Crippen LogP contribution is 2.48. The van der Waals surface area contributed by atoms with Crippen LogP contribution in [0, 0.1) is 17.0 Å². The molecule has 1 heterocycles. The topological polar surface area (TPSA) is 92.6 Å². The number of para-hydroxylation sites is 2. The first kappa shape index (κ1) is 25.2. The van der Waals surface area contributed by atoms with Gasteiger partial charge in [0.05, 0.1) is 22.3 Å². The van der Waals surface area contributed by atoms with E-state index < -0.39 is 11.0 Å². The first-order valence-electron chi connectivity index (χ1n) is 13.2. The van der Waals surface area contributed by atoms with Crippen LogP contribution in [-0.4, -0.2) is 16.6 Å². The number of hydrogen-bond acceptors (Lipinski definition) is 5. The molecule has 2 aliphatic rings. The summed E-state index contributed by atoms with van der Waals surface area (Å²) in [4.78, 5) is 41.3. The summed E-state index contributed by atoms with van der Waals surface area (Å²) in [5.41, 5.74) is 5.58. The maximum atomic E-state index is 14.2. The molecule has 2 atom stereocenters. The Labute approximate surface area is 231 Å². The van der Waals surface area contributed by atoms with E-state index in [4.69, 9.17) is 0 Å².